The number of furan rings is 1. The van der Waals surface area contributed by atoms with Gasteiger partial charge in [0.05, 0.1) is 17.9 Å². The topological polar surface area (TPSA) is 42.2 Å². The van der Waals surface area contributed by atoms with E-state index >= 15 is 0 Å². The van der Waals surface area contributed by atoms with Crippen molar-refractivity contribution in [1.82, 2.24) is 5.32 Å². The molecule has 27 heavy (non-hydrogen) atoms. The summed E-state index contributed by atoms with van der Waals surface area (Å²) in [5, 5.41) is 3.15. The lowest BCUT2D eigenvalue weighted by Crippen LogP contribution is -2.28. The Hall–Kier alpha value is -3.07. The number of aryl methyl sites for hydroxylation is 3. The molecule has 2 aromatic carbocycles. The van der Waals surface area contributed by atoms with E-state index in [1.807, 2.05) is 49.4 Å². The Labute approximate surface area is 160 Å². The van der Waals surface area contributed by atoms with Gasteiger partial charge in [-0.25, -0.2) is 0 Å². The molecule has 1 unspecified atom stereocenters. The third kappa shape index (κ3) is 4.37. The van der Waals surface area contributed by atoms with Crippen LogP contribution < -0.4 is 5.32 Å². The lowest BCUT2D eigenvalue weighted by atomic mass is 9.96. The minimum atomic E-state index is -0.122. The van der Waals surface area contributed by atoms with Crippen molar-refractivity contribution in [1.29, 1.82) is 0 Å². The van der Waals surface area contributed by atoms with Gasteiger partial charge in [0.15, 0.2) is 0 Å². The quantitative estimate of drug-likeness (QED) is 0.601. The summed E-state index contributed by atoms with van der Waals surface area (Å²) in [5.74, 6) is 0.529. The first kappa shape index (κ1) is 18.7. The second kappa shape index (κ2) is 8.09. The first-order valence-corrected chi connectivity index (χ1v) is 9.15. The first-order chi connectivity index (χ1) is 13.0. The summed E-state index contributed by atoms with van der Waals surface area (Å²) in [6.45, 7) is 8.31. The lowest BCUT2D eigenvalue weighted by molar-refractivity contribution is -0.116. The second-order valence-corrected chi connectivity index (χ2v) is 6.93. The van der Waals surface area contributed by atoms with Gasteiger partial charge >= 0.3 is 0 Å². The Kier molecular flexibility index (Phi) is 5.60. The van der Waals surface area contributed by atoms with Crippen LogP contribution in [0.4, 0.5) is 0 Å². The highest BCUT2D eigenvalue weighted by Crippen LogP contribution is 2.24. The maximum Gasteiger partial charge on any atom is 0.252 e. The van der Waals surface area contributed by atoms with Crippen LogP contribution in [-0.4, -0.2) is 5.91 Å². The summed E-state index contributed by atoms with van der Waals surface area (Å²) in [4.78, 5) is 13.1. The minimum absolute atomic E-state index is 0.0967. The van der Waals surface area contributed by atoms with E-state index in [0.717, 1.165) is 11.1 Å². The average Bonchev–Trinajstić information content (AvgIpc) is 3.16. The van der Waals surface area contributed by atoms with Gasteiger partial charge in [-0.05, 0) is 73.7 Å². The third-order valence-electron chi connectivity index (χ3n) is 4.86. The van der Waals surface area contributed by atoms with Crippen LogP contribution in [0.3, 0.4) is 0 Å². The summed E-state index contributed by atoms with van der Waals surface area (Å²) in [6, 6.07) is 17.5. The predicted molar refractivity (Wildman–Crippen MR) is 110 cm³/mol. The molecule has 0 bridgehead atoms. The number of rotatable bonds is 5. The third-order valence-corrected chi connectivity index (χ3v) is 4.86. The van der Waals surface area contributed by atoms with E-state index < -0.39 is 0 Å². The smallest absolute Gasteiger partial charge is 0.252 e. The SMILES string of the molecule is Cc1cc(C)c(C(C)NC(=O)/C(=C/c2ccco2)c2ccccc2)cc1C. The molecule has 3 aromatic rings. The van der Waals surface area contributed by atoms with Crippen LogP contribution in [0.1, 0.15) is 46.5 Å². The molecular weight excluding hydrogens is 334 g/mol. The molecule has 0 radical (unpaired) electrons. The van der Waals surface area contributed by atoms with Crippen LogP contribution in [0, 0.1) is 20.8 Å². The molecule has 1 heterocycles. The van der Waals surface area contributed by atoms with E-state index in [0.29, 0.717) is 11.3 Å². The Morgan fingerprint density at radius 1 is 0.963 bits per heavy atom. The molecule has 3 heteroatoms. The summed E-state index contributed by atoms with van der Waals surface area (Å²) >= 11 is 0. The van der Waals surface area contributed by atoms with Crippen molar-refractivity contribution >= 4 is 17.6 Å². The highest BCUT2D eigenvalue weighted by Gasteiger charge is 2.17. The molecule has 0 spiro atoms. The normalized spacial score (nSPS) is 12.7. The Morgan fingerprint density at radius 2 is 1.67 bits per heavy atom. The summed E-state index contributed by atoms with van der Waals surface area (Å²) in [7, 11) is 0. The van der Waals surface area contributed by atoms with Gasteiger partial charge in [-0.3, -0.25) is 4.79 Å². The largest absolute Gasteiger partial charge is 0.465 e. The van der Waals surface area contributed by atoms with Crippen molar-refractivity contribution < 1.29 is 9.21 Å². The Bertz CT molecular complexity index is 954. The van der Waals surface area contributed by atoms with Gasteiger partial charge in [0.25, 0.3) is 5.91 Å². The number of amides is 1. The zero-order chi connectivity index (χ0) is 19.4. The fourth-order valence-corrected chi connectivity index (χ4v) is 3.21. The van der Waals surface area contributed by atoms with Crippen molar-refractivity contribution in [3.63, 3.8) is 0 Å². The molecule has 0 fully saturated rings. The van der Waals surface area contributed by atoms with Crippen LogP contribution in [0.25, 0.3) is 11.6 Å². The van der Waals surface area contributed by atoms with E-state index in [1.54, 1.807) is 12.3 Å². The zero-order valence-corrected chi connectivity index (χ0v) is 16.2. The van der Waals surface area contributed by atoms with Crippen molar-refractivity contribution in [3.05, 3.63) is 94.4 Å². The van der Waals surface area contributed by atoms with Crippen molar-refractivity contribution in [2.75, 3.05) is 0 Å². The van der Waals surface area contributed by atoms with E-state index in [9.17, 15) is 4.79 Å². The van der Waals surface area contributed by atoms with Gasteiger partial charge in [-0.2, -0.15) is 0 Å². The van der Waals surface area contributed by atoms with E-state index in [2.05, 4.69) is 38.2 Å². The van der Waals surface area contributed by atoms with Gasteiger partial charge < -0.3 is 9.73 Å². The van der Waals surface area contributed by atoms with Crippen LogP contribution in [-0.2, 0) is 4.79 Å². The number of hydrogen-bond donors (Lipinski definition) is 1. The molecular formula is C24H25NO2. The highest BCUT2D eigenvalue weighted by atomic mass is 16.3. The average molecular weight is 359 g/mol. The summed E-state index contributed by atoms with van der Waals surface area (Å²) in [6.07, 6.45) is 3.39. The maximum absolute atomic E-state index is 13.1. The maximum atomic E-state index is 13.1. The highest BCUT2D eigenvalue weighted by molar-refractivity contribution is 6.24. The molecule has 1 aromatic heterocycles. The molecule has 0 aliphatic carbocycles. The number of benzene rings is 2. The summed E-state index contributed by atoms with van der Waals surface area (Å²) in [5.41, 5.74) is 6.25. The Balaban J connectivity index is 1.90. The van der Waals surface area contributed by atoms with Gasteiger partial charge in [0.2, 0.25) is 0 Å². The zero-order valence-electron chi connectivity index (χ0n) is 16.2. The van der Waals surface area contributed by atoms with Crippen LogP contribution in [0.15, 0.2) is 65.3 Å². The molecule has 1 amide bonds. The number of carbonyl (C=O) groups is 1. The molecule has 3 rings (SSSR count). The first-order valence-electron chi connectivity index (χ1n) is 9.15. The molecule has 1 atom stereocenters. The predicted octanol–water partition coefficient (Wildman–Crippen LogP) is 5.62. The van der Waals surface area contributed by atoms with Crippen molar-refractivity contribution in [3.8, 4) is 0 Å². The summed E-state index contributed by atoms with van der Waals surface area (Å²) < 4.78 is 5.42. The monoisotopic (exact) mass is 359 g/mol. The van der Waals surface area contributed by atoms with Gasteiger partial charge in [-0.15, -0.1) is 0 Å². The molecule has 0 saturated heterocycles. The van der Waals surface area contributed by atoms with Gasteiger partial charge in [0, 0.05) is 0 Å². The standard InChI is InChI=1S/C24H25NO2/c1-16-13-18(3)22(14-17(16)2)19(4)25-24(26)23(15-21-11-8-12-27-21)20-9-6-5-7-10-20/h5-15,19H,1-4H3,(H,25,26)/b23-15+. The molecule has 1 N–H and O–H groups in total. The Morgan fingerprint density at radius 3 is 2.33 bits per heavy atom. The number of nitrogens with one attached hydrogen (secondary N) is 1. The van der Waals surface area contributed by atoms with Crippen LogP contribution in [0.2, 0.25) is 0 Å². The fraction of sp³-hybridized carbons (Fsp3) is 0.208. The number of hydrogen-bond acceptors (Lipinski definition) is 2. The number of carbonyl (C=O) groups excluding carboxylic acids is 1. The van der Waals surface area contributed by atoms with Crippen molar-refractivity contribution in [2.45, 2.75) is 33.7 Å². The van der Waals surface area contributed by atoms with Gasteiger partial charge in [-0.1, -0.05) is 42.5 Å². The molecule has 138 valence electrons. The molecule has 0 aliphatic rings. The van der Waals surface area contributed by atoms with E-state index in [1.165, 1.54) is 16.7 Å². The van der Waals surface area contributed by atoms with E-state index in [4.69, 9.17) is 4.42 Å². The molecule has 3 nitrogen and oxygen atoms in total. The van der Waals surface area contributed by atoms with Gasteiger partial charge in [0.1, 0.15) is 5.76 Å². The van der Waals surface area contributed by atoms with Crippen LogP contribution >= 0.6 is 0 Å². The van der Waals surface area contributed by atoms with E-state index in [-0.39, 0.29) is 11.9 Å². The minimum Gasteiger partial charge on any atom is -0.465 e. The fourth-order valence-electron chi connectivity index (χ4n) is 3.21. The lowest BCUT2D eigenvalue weighted by Gasteiger charge is -2.19. The van der Waals surface area contributed by atoms with Crippen molar-refractivity contribution in [2.24, 2.45) is 0 Å². The van der Waals surface area contributed by atoms with Crippen LogP contribution in [0.5, 0.6) is 0 Å². The second-order valence-electron chi connectivity index (χ2n) is 6.93. The molecule has 0 saturated carbocycles. The molecule has 0 aliphatic heterocycles.